The number of aromatic nitrogens is 4. The molecule has 0 N–H and O–H groups in total. The Kier molecular flexibility index (Phi) is 8.15. The molecule has 8 aromatic carbocycles. The van der Waals surface area contributed by atoms with Gasteiger partial charge in [0.2, 0.25) is 0 Å². The van der Waals surface area contributed by atoms with Crippen molar-refractivity contribution >= 4 is 43.6 Å². The Balaban J connectivity index is 1.23. The Morgan fingerprint density at radius 3 is 1.38 bits per heavy atom. The van der Waals surface area contributed by atoms with Crippen molar-refractivity contribution in [2.75, 3.05) is 0 Å². The zero-order valence-corrected chi connectivity index (χ0v) is 32.2. The van der Waals surface area contributed by atoms with Gasteiger partial charge in [0.1, 0.15) is 0 Å². The van der Waals surface area contributed by atoms with E-state index in [0.29, 0.717) is 17.0 Å². The molecule has 11 aromatic rings. The molecule has 0 fully saturated rings. The predicted octanol–water partition coefficient (Wildman–Crippen LogP) is 13.1. The lowest BCUT2D eigenvalue weighted by molar-refractivity contribution is 1.15. The van der Waals surface area contributed by atoms with Crippen molar-refractivity contribution in [3.05, 3.63) is 205 Å². The van der Waals surface area contributed by atoms with E-state index in [1.165, 1.54) is 10.8 Å². The van der Waals surface area contributed by atoms with E-state index in [1.807, 2.05) is 72.8 Å². The minimum atomic E-state index is 0.550. The highest BCUT2D eigenvalue weighted by Crippen LogP contribution is 2.42. The molecule has 6 heteroatoms. The molecule has 3 aromatic heterocycles. The molecule has 278 valence electrons. The van der Waals surface area contributed by atoms with Crippen LogP contribution in [0.4, 0.5) is 0 Å². The lowest BCUT2D eigenvalue weighted by Gasteiger charge is -2.19. The fourth-order valence-electron chi connectivity index (χ4n) is 8.67. The van der Waals surface area contributed by atoms with Gasteiger partial charge in [0.25, 0.3) is 0 Å². The van der Waals surface area contributed by atoms with Crippen LogP contribution in [0.25, 0.3) is 100 Å². The largest absolute Gasteiger partial charge is 0.309 e. The van der Waals surface area contributed by atoms with E-state index in [2.05, 4.69) is 143 Å². The van der Waals surface area contributed by atoms with Gasteiger partial charge in [0.15, 0.2) is 5.82 Å². The molecule has 0 amide bonds. The second-order valence-electron chi connectivity index (χ2n) is 14.8. The normalized spacial score (nSPS) is 11.3. The first-order valence-corrected chi connectivity index (χ1v) is 19.8. The van der Waals surface area contributed by atoms with Gasteiger partial charge >= 0.3 is 0 Å². The molecule has 60 heavy (non-hydrogen) atoms. The van der Waals surface area contributed by atoms with E-state index in [4.69, 9.17) is 9.97 Å². The fourth-order valence-corrected chi connectivity index (χ4v) is 8.67. The van der Waals surface area contributed by atoms with E-state index < -0.39 is 0 Å². The Morgan fingerprint density at radius 2 is 0.817 bits per heavy atom. The van der Waals surface area contributed by atoms with Gasteiger partial charge in [-0.2, -0.15) is 10.5 Å². The average Bonchev–Trinajstić information content (AvgIpc) is 3.83. The van der Waals surface area contributed by atoms with Gasteiger partial charge < -0.3 is 9.13 Å². The summed E-state index contributed by atoms with van der Waals surface area (Å²) in [6, 6.07) is 70.9. The summed E-state index contributed by atoms with van der Waals surface area (Å²) in [4.78, 5) is 10.4. The van der Waals surface area contributed by atoms with Crippen LogP contribution in [0.3, 0.4) is 0 Å². The first-order valence-electron chi connectivity index (χ1n) is 19.8. The summed E-state index contributed by atoms with van der Waals surface area (Å²) in [7, 11) is 0. The maximum Gasteiger partial charge on any atom is 0.160 e. The van der Waals surface area contributed by atoms with E-state index in [1.54, 1.807) is 0 Å². The molecule has 0 atom stereocenters. The molecule has 0 aliphatic heterocycles. The van der Waals surface area contributed by atoms with Gasteiger partial charge in [-0.1, -0.05) is 127 Å². The molecule has 0 radical (unpaired) electrons. The highest BCUT2D eigenvalue weighted by Gasteiger charge is 2.22. The maximum atomic E-state index is 10.0. The van der Waals surface area contributed by atoms with Crippen LogP contribution in [0.1, 0.15) is 11.1 Å². The lowest BCUT2D eigenvalue weighted by atomic mass is 9.98. The number of hydrogen-bond acceptors (Lipinski definition) is 4. The van der Waals surface area contributed by atoms with E-state index in [9.17, 15) is 10.5 Å². The van der Waals surface area contributed by atoms with Gasteiger partial charge in [0.05, 0.1) is 68.1 Å². The van der Waals surface area contributed by atoms with Crippen LogP contribution in [0.2, 0.25) is 0 Å². The van der Waals surface area contributed by atoms with Crippen molar-refractivity contribution < 1.29 is 0 Å². The summed E-state index contributed by atoms with van der Waals surface area (Å²) < 4.78 is 4.62. The Labute approximate surface area is 345 Å². The minimum absolute atomic E-state index is 0.550. The van der Waals surface area contributed by atoms with Crippen molar-refractivity contribution in [2.45, 2.75) is 0 Å². The monoisotopic (exact) mass is 764 g/mol. The summed E-state index contributed by atoms with van der Waals surface area (Å²) in [5.74, 6) is 0.595. The lowest BCUT2D eigenvalue weighted by Crippen LogP contribution is -2.03. The zero-order valence-electron chi connectivity index (χ0n) is 32.2. The molecule has 0 aliphatic carbocycles. The summed E-state index contributed by atoms with van der Waals surface area (Å²) >= 11 is 0. The molecule has 0 spiro atoms. The molecule has 0 saturated heterocycles. The highest BCUT2D eigenvalue weighted by atomic mass is 15.0. The van der Waals surface area contributed by atoms with Gasteiger partial charge in [0, 0.05) is 49.4 Å². The van der Waals surface area contributed by atoms with E-state index in [-0.39, 0.29) is 0 Å². The summed E-state index contributed by atoms with van der Waals surface area (Å²) in [6.45, 7) is 0. The summed E-state index contributed by atoms with van der Waals surface area (Å²) in [5.41, 5.74) is 13.6. The summed E-state index contributed by atoms with van der Waals surface area (Å²) in [5, 5.41) is 24.2. The standard InChI is InChI=1S/C54H32N6/c55-33-35-23-27-51-44(29-35)45-30-36(34-56)24-28-52(45)60(51)53-31-39(54-57-46(37-13-3-1-4-14-37)32-47(58-54)38-15-5-2-6-16-38)25-26-43(53)42-19-9-12-22-50(42)59-48-20-10-7-17-40(48)41-18-8-11-21-49(41)59/h1-32H. The molecular formula is C54H32N6. The Hall–Kier alpha value is -8.58. The van der Waals surface area contributed by atoms with Gasteiger partial charge in [-0.15, -0.1) is 0 Å². The third kappa shape index (κ3) is 5.63. The number of rotatable bonds is 6. The SMILES string of the molecule is N#Cc1ccc2c(c1)c1cc(C#N)ccc1n2-c1cc(-c2nc(-c3ccccc3)cc(-c3ccccc3)n2)ccc1-c1ccccc1-n1c2ccccc2c2ccccc21. The number of nitriles is 2. The number of fused-ring (bicyclic) bond motifs is 6. The van der Waals surface area contributed by atoms with Crippen LogP contribution < -0.4 is 0 Å². The van der Waals surface area contributed by atoms with Gasteiger partial charge in [-0.3, -0.25) is 0 Å². The van der Waals surface area contributed by atoms with Crippen LogP contribution in [0.15, 0.2) is 194 Å². The van der Waals surface area contributed by atoms with Crippen molar-refractivity contribution in [2.24, 2.45) is 0 Å². The zero-order chi connectivity index (χ0) is 40.2. The molecule has 0 aliphatic rings. The number of benzene rings is 8. The van der Waals surface area contributed by atoms with Gasteiger partial charge in [-0.25, -0.2) is 9.97 Å². The molecule has 6 nitrogen and oxygen atoms in total. The second kappa shape index (κ2) is 14.1. The van der Waals surface area contributed by atoms with Gasteiger partial charge in [-0.05, 0) is 66.7 Å². The van der Waals surface area contributed by atoms with Crippen LogP contribution in [-0.4, -0.2) is 19.1 Å². The number of para-hydroxylation sites is 3. The third-order valence-electron chi connectivity index (χ3n) is 11.4. The Bertz CT molecular complexity index is 3380. The van der Waals surface area contributed by atoms with Crippen LogP contribution in [-0.2, 0) is 0 Å². The fraction of sp³-hybridized carbons (Fsp3) is 0. The molecule has 3 heterocycles. The quantitative estimate of drug-likeness (QED) is 0.169. The van der Waals surface area contributed by atoms with E-state index in [0.717, 1.165) is 83.4 Å². The van der Waals surface area contributed by atoms with Crippen LogP contribution in [0, 0.1) is 22.7 Å². The van der Waals surface area contributed by atoms with Crippen LogP contribution in [0.5, 0.6) is 0 Å². The first kappa shape index (κ1) is 34.7. The van der Waals surface area contributed by atoms with E-state index >= 15 is 0 Å². The number of hydrogen-bond donors (Lipinski definition) is 0. The molecular weight excluding hydrogens is 733 g/mol. The van der Waals surface area contributed by atoms with Crippen molar-refractivity contribution in [3.8, 4) is 68.5 Å². The molecule has 0 saturated carbocycles. The smallest absolute Gasteiger partial charge is 0.160 e. The highest BCUT2D eigenvalue weighted by molar-refractivity contribution is 6.12. The third-order valence-corrected chi connectivity index (χ3v) is 11.4. The molecule has 0 bridgehead atoms. The van der Waals surface area contributed by atoms with Crippen molar-refractivity contribution in [1.82, 2.24) is 19.1 Å². The second-order valence-corrected chi connectivity index (χ2v) is 14.8. The van der Waals surface area contributed by atoms with Crippen molar-refractivity contribution in [3.63, 3.8) is 0 Å². The topological polar surface area (TPSA) is 83.2 Å². The molecule has 0 unspecified atom stereocenters. The maximum absolute atomic E-state index is 10.0. The predicted molar refractivity (Wildman–Crippen MR) is 242 cm³/mol. The summed E-state index contributed by atoms with van der Waals surface area (Å²) in [6.07, 6.45) is 0. The average molecular weight is 765 g/mol. The van der Waals surface area contributed by atoms with Crippen LogP contribution >= 0.6 is 0 Å². The minimum Gasteiger partial charge on any atom is -0.309 e. The van der Waals surface area contributed by atoms with Crippen molar-refractivity contribution in [1.29, 1.82) is 10.5 Å². The number of nitrogens with zero attached hydrogens (tertiary/aromatic N) is 6. The Morgan fingerprint density at radius 1 is 0.350 bits per heavy atom. The first-order chi connectivity index (χ1) is 29.7. The molecule has 11 rings (SSSR count).